The second-order valence-corrected chi connectivity index (χ2v) is 9.11. The lowest BCUT2D eigenvalue weighted by atomic mass is 9.97. The summed E-state index contributed by atoms with van der Waals surface area (Å²) in [6.07, 6.45) is 2.54. The molecule has 9 nitrogen and oxygen atoms in total. The van der Waals surface area contributed by atoms with Gasteiger partial charge >= 0.3 is 5.69 Å². The first-order valence-electron chi connectivity index (χ1n) is 9.29. The van der Waals surface area contributed by atoms with Gasteiger partial charge in [-0.3, -0.25) is 4.79 Å². The number of imidazole rings is 1. The Morgan fingerprint density at radius 1 is 1.14 bits per heavy atom. The first-order chi connectivity index (χ1) is 13.8. The van der Waals surface area contributed by atoms with Gasteiger partial charge < -0.3 is 15.3 Å². The minimum absolute atomic E-state index is 0.118. The number of carbonyl (C=O) groups is 1. The molecule has 0 bridgehead atoms. The molecule has 0 saturated carbocycles. The number of H-pyrrole nitrogens is 2. The van der Waals surface area contributed by atoms with Crippen LogP contribution in [0.5, 0.6) is 0 Å². The highest BCUT2D eigenvalue weighted by Crippen LogP contribution is 2.26. The van der Waals surface area contributed by atoms with E-state index in [2.05, 4.69) is 20.3 Å². The number of hydrogen-bond donors (Lipinski definition) is 3. The Hall–Kier alpha value is -2.98. The molecule has 10 heteroatoms. The van der Waals surface area contributed by atoms with Gasteiger partial charge in [0.15, 0.2) is 0 Å². The van der Waals surface area contributed by atoms with E-state index in [4.69, 9.17) is 0 Å². The van der Waals surface area contributed by atoms with Crippen LogP contribution in [0.25, 0.3) is 11.0 Å². The number of anilines is 1. The largest absolute Gasteiger partial charge is 0.323 e. The maximum atomic E-state index is 13.0. The molecule has 1 amide bonds. The molecule has 1 aliphatic rings. The lowest BCUT2D eigenvalue weighted by Gasteiger charge is -2.30. The van der Waals surface area contributed by atoms with E-state index < -0.39 is 10.0 Å². The molecule has 3 heterocycles. The van der Waals surface area contributed by atoms with Crippen molar-refractivity contribution in [2.75, 3.05) is 18.4 Å². The summed E-state index contributed by atoms with van der Waals surface area (Å²) in [5.41, 5.74) is 1.61. The predicted molar refractivity (Wildman–Crippen MR) is 108 cm³/mol. The molecule has 29 heavy (non-hydrogen) atoms. The van der Waals surface area contributed by atoms with E-state index in [0.29, 0.717) is 29.7 Å². The Morgan fingerprint density at radius 2 is 1.86 bits per heavy atom. The molecule has 0 radical (unpaired) electrons. The number of aryl methyl sites for hydroxylation is 1. The van der Waals surface area contributed by atoms with E-state index in [9.17, 15) is 18.0 Å². The molecule has 152 valence electrons. The molecule has 1 fully saturated rings. The highest BCUT2D eigenvalue weighted by Gasteiger charge is 2.32. The summed E-state index contributed by atoms with van der Waals surface area (Å²) in [6, 6.07) is 8.10. The number of carbonyl (C=O) groups excluding carboxylic acids is 1. The summed E-state index contributed by atoms with van der Waals surface area (Å²) in [5, 5.41) is 2.79. The lowest BCUT2D eigenvalue weighted by molar-refractivity contribution is -0.120. The number of hydrogen-bond acceptors (Lipinski definition) is 5. The summed E-state index contributed by atoms with van der Waals surface area (Å²) in [7, 11) is -3.70. The van der Waals surface area contributed by atoms with Crippen molar-refractivity contribution < 1.29 is 13.2 Å². The minimum atomic E-state index is -3.70. The number of fused-ring (bicyclic) bond motifs is 1. The average Bonchev–Trinajstić information content (AvgIpc) is 3.09. The molecule has 1 aliphatic heterocycles. The van der Waals surface area contributed by atoms with Crippen molar-refractivity contribution in [3.8, 4) is 0 Å². The molecular weight excluding hydrogens is 394 g/mol. The van der Waals surface area contributed by atoms with Crippen LogP contribution in [0.4, 0.5) is 5.82 Å². The van der Waals surface area contributed by atoms with E-state index in [1.165, 1.54) is 16.4 Å². The Balaban J connectivity index is 1.43. The van der Waals surface area contributed by atoms with Crippen LogP contribution in [0, 0.1) is 12.8 Å². The highest BCUT2D eigenvalue weighted by molar-refractivity contribution is 7.89. The first-order valence-corrected chi connectivity index (χ1v) is 10.7. The zero-order valence-corrected chi connectivity index (χ0v) is 16.6. The van der Waals surface area contributed by atoms with Gasteiger partial charge in [0.2, 0.25) is 15.9 Å². The SMILES string of the molecule is Cc1ccc(NC(=O)C2CCN(S(=O)(=O)c3ccc4[nH]c(=O)[nH]c4c3)CC2)nc1. The third-order valence-corrected chi connectivity index (χ3v) is 7.01. The minimum Gasteiger partial charge on any atom is -0.310 e. The standard InChI is InChI=1S/C19H21N5O4S/c1-12-2-5-17(20-11-12)23-18(25)13-6-8-24(9-7-13)29(27,28)14-3-4-15-16(10-14)22-19(26)21-15/h2-5,10-11,13H,6-9H2,1H3,(H,20,23,25)(H2,21,22,26). The van der Waals surface area contributed by atoms with Crippen molar-refractivity contribution >= 4 is 32.8 Å². The second kappa shape index (κ2) is 7.45. The average molecular weight is 415 g/mol. The van der Waals surface area contributed by atoms with Crippen molar-refractivity contribution in [3.05, 3.63) is 52.6 Å². The number of nitrogens with zero attached hydrogens (tertiary/aromatic N) is 2. The molecule has 1 aromatic carbocycles. The molecule has 4 rings (SSSR count). The van der Waals surface area contributed by atoms with E-state index in [-0.39, 0.29) is 35.5 Å². The van der Waals surface area contributed by atoms with Gasteiger partial charge in [-0.05, 0) is 49.6 Å². The second-order valence-electron chi connectivity index (χ2n) is 7.17. The lowest BCUT2D eigenvalue weighted by Crippen LogP contribution is -2.41. The van der Waals surface area contributed by atoms with Gasteiger partial charge in [-0.25, -0.2) is 18.2 Å². The first kappa shape index (κ1) is 19.3. The van der Waals surface area contributed by atoms with Crippen molar-refractivity contribution in [2.45, 2.75) is 24.7 Å². The smallest absolute Gasteiger partial charge is 0.310 e. The zero-order valence-electron chi connectivity index (χ0n) is 15.8. The maximum Gasteiger partial charge on any atom is 0.323 e. The fraction of sp³-hybridized carbons (Fsp3) is 0.316. The van der Waals surface area contributed by atoms with Gasteiger partial charge in [-0.2, -0.15) is 4.31 Å². The van der Waals surface area contributed by atoms with Crippen molar-refractivity contribution in [1.82, 2.24) is 19.3 Å². The molecule has 3 aromatic rings. The van der Waals surface area contributed by atoms with Crippen LogP contribution in [0.15, 0.2) is 46.2 Å². The fourth-order valence-corrected chi connectivity index (χ4v) is 4.95. The Morgan fingerprint density at radius 3 is 2.55 bits per heavy atom. The number of aromatic amines is 2. The van der Waals surface area contributed by atoms with Gasteiger partial charge in [0.25, 0.3) is 0 Å². The van der Waals surface area contributed by atoms with Crippen LogP contribution < -0.4 is 11.0 Å². The fourth-order valence-electron chi connectivity index (χ4n) is 3.45. The molecule has 0 atom stereocenters. The Kier molecular flexibility index (Phi) is 4.97. The predicted octanol–water partition coefficient (Wildman–Crippen LogP) is 1.60. The molecule has 0 unspecified atom stereocenters. The van der Waals surface area contributed by atoms with Gasteiger partial charge in [-0.1, -0.05) is 6.07 Å². The quantitative estimate of drug-likeness (QED) is 0.596. The number of benzene rings is 1. The van der Waals surface area contributed by atoms with Crippen LogP contribution in [0.1, 0.15) is 18.4 Å². The normalized spacial score (nSPS) is 16.2. The van der Waals surface area contributed by atoms with Gasteiger partial charge in [0.05, 0.1) is 15.9 Å². The van der Waals surface area contributed by atoms with Gasteiger partial charge in [0.1, 0.15) is 5.82 Å². The van der Waals surface area contributed by atoms with Crippen molar-refractivity contribution in [1.29, 1.82) is 0 Å². The molecule has 0 aliphatic carbocycles. The topological polar surface area (TPSA) is 128 Å². The maximum absolute atomic E-state index is 13.0. The number of nitrogens with one attached hydrogen (secondary N) is 3. The van der Waals surface area contributed by atoms with Crippen LogP contribution in [-0.4, -0.2) is 46.7 Å². The number of amides is 1. The number of aromatic nitrogens is 3. The number of pyridine rings is 1. The number of sulfonamides is 1. The molecular formula is C19H21N5O4S. The summed E-state index contributed by atoms with van der Waals surface area (Å²) in [5.74, 6) is 0.0715. The number of piperidine rings is 1. The van der Waals surface area contributed by atoms with Gasteiger partial charge in [0, 0.05) is 25.2 Å². The highest BCUT2D eigenvalue weighted by atomic mass is 32.2. The van der Waals surface area contributed by atoms with E-state index in [1.807, 2.05) is 13.0 Å². The molecule has 3 N–H and O–H groups in total. The van der Waals surface area contributed by atoms with Crippen molar-refractivity contribution in [3.63, 3.8) is 0 Å². The third-order valence-electron chi connectivity index (χ3n) is 5.11. The molecule has 0 spiro atoms. The van der Waals surface area contributed by atoms with E-state index >= 15 is 0 Å². The van der Waals surface area contributed by atoms with Crippen LogP contribution >= 0.6 is 0 Å². The molecule has 2 aromatic heterocycles. The van der Waals surface area contributed by atoms with Gasteiger partial charge in [-0.15, -0.1) is 0 Å². The van der Waals surface area contributed by atoms with Crippen molar-refractivity contribution in [2.24, 2.45) is 5.92 Å². The molecule has 1 saturated heterocycles. The zero-order chi connectivity index (χ0) is 20.6. The van der Waals surface area contributed by atoms with Crippen LogP contribution in [0.2, 0.25) is 0 Å². The number of rotatable bonds is 4. The van der Waals surface area contributed by atoms with Crippen LogP contribution in [-0.2, 0) is 14.8 Å². The van der Waals surface area contributed by atoms with Crippen LogP contribution in [0.3, 0.4) is 0 Å². The summed E-state index contributed by atoms with van der Waals surface area (Å²) < 4.78 is 27.3. The van der Waals surface area contributed by atoms with E-state index in [0.717, 1.165) is 5.56 Å². The monoisotopic (exact) mass is 415 g/mol. The Bertz CT molecular complexity index is 1210. The summed E-state index contributed by atoms with van der Waals surface area (Å²) in [6.45, 7) is 2.42. The summed E-state index contributed by atoms with van der Waals surface area (Å²) in [4.78, 5) is 33.3. The Labute approximate surface area is 167 Å². The summed E-state index contributed by atoms with van der Waals surface area (Å²) >= 11 is 0. The third kappa shape index (κ3) is 3.94. The van der Waals surface area contributed by atoms with E-state index in [1.54, 1.807) is 18.3 Å².